The monoisotopic (exact) mass is 359 g/mol. The molecule has 3 unspecified atom stereocenters. The molecule has 0 radical (unpaired) electrons. The van der Waals surface area contributed by atoms with Crippen LogP contribution in [0.25, 0.3) is 0 Å². The highest BCUT2D eigenvalue weighted by atomic mass is 15.1. The van der Waals surface area contributed by atoms with Crippen molar-refractivity contribution in [3.8, 4) is 18.2 Å². The van der Waals surface area contributed by atoms with Crippen molar-refractivity contribution in [2.24, 2.45) is 22.1 Å². The van der Waals surface area contributed by atoms with Crippen LogP contribution in [0.15, 0.2) is 10.2 Å². The molecular weight excluding hydrogens is 322 g/mol. The molecule has 5 nitrogen and oxygen atoms in total. The summed E-state index contributed by atoms with van der Waals surface area (Å²) in [6.07, 6.45) is 9.03. The van der Waals surface area contributed by atoms with Crippen LogP contribution in [0.1, 0.15) is 92.4 Å². The van der Waals surface area contributed by atoms with Crippen molar-refractivity contribution in [3.63, 3.8) is 0 Å². The lowest BCUT2D eigenvalue weighted by Gasteiger charge is -2.04. The molecule has 0 aromatic heterocycles. The zero-order valence-corrected chi connectivity index (χ0v) is 17.4. The third kappa shape index (κ3) is 18.4. The van der Waals surface area contributed by atoms with Gasteiger partial charge in [-0.15, -0.1) is 0 Å². The minimum absolute atomic E-state index is 0.231. The van der Waals surface area contributed by atoms with Crippen molar-refractivity contribution in [2.45, 2.75) is 104 Å². The van der Waals surface area contributed by atoms with Gasteiger partial charge < -0.3 is 0 Å². The number of rotatable bonds is 12. The molecule has 0 saturated heterocycles. The number of nitriles is 3. The van der Waals surface area contributed by atoms with E-state index in [0.29, 0.717) is 5.92 Å². The van der Waals surface area contributed by atoms with Crippen LogP contribution in [0.4, 0.5) is 0 Å². The molecule has 0 aliphatic heterocycles. The lowest BCUT2D eigenvalue weighted by atomic mass is 10.0. The van der Waals surface area contributed by atoms with Gasteiger partial charge >= 0.3 is 0 Å². The van der Waals surface area contributed by atoms with Crippen LogP contribution in [0.3, 0.4) is 0 Å². The number of hydrogen-bond acceptors (Lipinski definition) is 5. The van der Waals surface area contributed by atoms with Gasteiger partial charge in [-0.05, 0) is 32.1 Å². The second-order valence-corrected chi connectivity index (χ2v) is 7.17. The fraction of sp³-hybridized carbons (Fsp3) is 0.857. The highest BCUT2D eigenvalue weighted by Crippen LogP contribution is 2.10. The first-order chi connectivity index (χ1) is 12.4. The molecule has 0 aliphatic rings. The Morgan fingerprint density at radius 2 is 1.12 bits per heavy atom. The second kappa shape index (κ2) is 19.4. The van der Waals surface area contributed by atoms with Gasteiger partial charge in [-0.3, -0.25) is 0 Å². The Morgan fingerprint density at radius 1 is 0.692 bits per heavy atom. The third-order valence-electron chi connectivity index (χ3n) is 3.85. The summed E-state index contributed by atoms with van der Waals surface area (Å²) in [6.45, 7) is 10.5. The Hall–Kier alpha value is -1.93. The maximum atomic E-state index is 8.94. The molecule has 0 aromatic carbocycles. The Bertz CT molecular complexity index is 434. The summed E-state index contributed by atoms with van der Waals surface area (Å²) < 4.78 is 0. The molecule has 0 heterocycles. The molecule has 0 amide bonds. The van der Waals surface area contributed by atoms with Gasteiger partial charge in [0.15, 0.2) is 12.1 Å². The van der Waals surface area contributed by atoms with Gasteiger partial charge in [0.1, 0.15) is 0 Å². The number of nitrogens with zero attached hydrogens (tertiary/aromatic N) is 5. The van der Waals surface area contributed by atoms with E-state index in [0.717, 1.165) is 57.8 Å². The minimum atomic E-state index is -0.376. The molecule has 5 heteroatoms. The molecule has 0 bridgehead atoms. The minimum Gasteiger partial charge on any atom is -0.198 e. The first-order valence-corrected chi connectivity index (χ1v) is 10.0. The summed E-state index contributed by atoms with van der Waals surface area (Å²) in [7, 11) is 0. The van der Waals surface area contributed by atoms with Crippen LogP contribution < -0.4 is 0 Å². The summed E-state index contributed by atoms with van der Waals surface area (Å²) >= 11 is 0. The molecule has 3 atom stereocenters. The third-order valence-corrected chi connectivity index (χ3v) is 3.85. The van der Waals surface area contributed by atoms with E-state index in [-0.39, 0.29) is 18.0 Å². The molecule has 0 rings (SSSR count). The van der Waals surface area contributed by atoms with E-state index in [2.05, 4.69) is 56.1 Å². The van der Waals surface area contributed by atoms with Crippen molar-refractivity contribution < 1.29 is 0 Å². The molecule has 0 aromatic rings. The van der Waals surface area contributed by atoms with E-state index in [1.165, 1.54) is 0 Å². The zero-order chi connectivity index (χ0) is 20.2. The predicted octanol–water partition coefficient (Wildman–Crippen LogP) is 6.58. The van der Waals surface area contributed by atoms with E-state index in [1.807, 2.05) is 6.92 Å². The average Bonchev–Trinajstić information content (AvgIpc) is 2.62. The maximum absolute atomic E-state index is 8.94. The average molecular weight is 360 g/mol. The Morgan fingerprint density at radius 3 is 1.35 bits per heavy atom. The van der Waals surface area contributed by atoms with Crippen LogP contribution in [-0.2, 0) is 0 Å². The maximum Gasteiger partial charge on any atom is 0.157 e. The summed E-state index contributed by atoms with van der Waals surface area (Å²) in [5.74, 6) is 0.889. The van der Waals surface area contributed by atoms with Gasteiger partial charge in [0.05, 0.1) is 18.2 Å². The van der Waals surface area contributed by atoms with Gasteiger partial charge in [-0.1, -0.05) is 66.2 Å². The number of unbranched alkanes of at least 4 members (excludes halogenated alkanes) is 4. The van der Waals surface area contributed by atoms with Crippen LogP contribution in [-0.4, -0.2) is 12.1 Å². The highest BCUT2D eigenvalue weighted by Gasteiger charge is 2.08. The van der Waals surface area contributed by atoms with E-state index >= 15 is 0 Å². The summed E-state index contributed by atoms with van der Waals surface area (Å²) in [6, 6.07) is 5.72. The predicted molar refractivity (Wildman–Crippen MR) is 106 cm³/mol. The normalized spacial score (nSPS) is 13.8. The van der Waals surface area contributed by atoms with Gasteiger partial charge in [-0.2, -0.15) is 26.0 Å². The van der Waals surface area contributed by atoms with Crippen molar-refractivity contribution in [1.82, 2.24) is 0 Å². The van der Waals surface area contributed by atoms with Crippen LogP contribution >= 0.6 is 0 Å². The fourth-order valence-corrected chi connectivity index (χ4v) is 2.39. The molecule has 0 spiro atoms. The van der Waals surface area contributed by atoms with E-state index < -0.39 is 0 Å². The molecule has 26 heavy (non-hydrogen) atoms. The van der Waals surface area contributed by atoms with Crippen molar-refractivity contribution in [2.75, 3.05) is 0 Å². The zero-order valence-electron chi connectivity index (χ0n) is 17.4. The Labute approximate surface area is 161 Å². The van der Waals surface area contributed by atoms with Gasteiger partial charge in [0, 0.05) is 5.92 Å². The van der Waals surface area contributed by atoms with Crippen LogP contribution in [0, 0.1) is 45.8 Å². The van der Waals surface area contributed by atoms with E-state index in [4.69, 9.17) is 15.8 Å². The van der Waals surface area contributed by atoms with Crippen LogP contribution in [0.2, 0.25) is 0 Å². The molecule has 0 N–H and O–H groups in total. The number of azo groups is 1. The Kier molecular flexibility index (Phi) is 19.6. The van der Waals surface area contributed by atoms with Gasteiger partial charge in [0.2, 0.25) is 0 Å². The quantitative estimate of drug-likeness (QED) is 0.291. The molecule has 0 saturated carbocycles. The highest BCUT2D eigenvalue weighted by molar-refractivity contribution is 4.92. The largest absolute Gasteiger partial charge is 0.198 e. The smallest absolute Gasteiger partial charge is 0.157 e. The topological polar surface area (TPSA) is 96.1 Å². The molecular formula is C21H37N5. The molecule has 146 valence electrons. The van der Waals surface area contributed by atoms with Crippen LogP contribution in [0.5, 0.6) is 0 Å². The summed E-state index contributed by atoms with van der Waals surface area (Å²) in [5.41, 5.74) is 0. The summed E-state index contributed by atoms with van der Waals surface area (Å²) in [4.78, 5) is 0. The van der Waals surface area contributed by atoms with Crippen molar-refractivity contribution in [3.05, 3.63) is 0 Å². The molecule has 0 fully saturated rings. The second-order valence-electron chi connectivity index (χ2n) is 7.17. The van der Waals surface area contributed by atoms with E-state index in [9.17, 15) is 0 Å². The SMILES string of the molecule is CC(C)CC(C)C#N.CCCCCC(C#N)N=NC(C#N)CCCCC. The first kappa shape index (κ1) is 26.3. The summed E-state index contributed by atoms with van der Waals surface area (Å²) in [5, 5.41) is 34.2. The van der Waals surface area contributed by atoms with Gasteiger partial charge in [-0.25, -0.2) is 0 Å². The molecule has 0 aliphatic carbocycles. The lowest BCUT2D eigenvalue weighted by molar-refractivity contribution is 0.510. The fourth-order valence-electron chi connectivity index (χ4n) is 2.39. The first-order valence-electron chi connectivity index (χ1n) is 10.0. The standard InChI is InChI=1S/C14H24N4.C7H13N/c1-3-5-7-9-13(11-15)17-18-14(12-16)10-8-6-4-2;1-6(2)4-7(3)5-8/h13-14H,3-10H2,1-2H3;6-7H,4H2,1-3H3. The van der Waals surface area contributed by atoms with E-state index in [1.54, 1.807) is 0 Å². The van der Waals surface area contributed by atoms with Crippen molar-refractivity contribution >= 4 is 0 Å². The number of hydrogen-bond donors (Lipinski definition) is 0. The van der Waals surface area contributed by atoms with Crippen molar-refractivity contribution in [1.29, 1.82) is 15.8 Å². The lowest BCUT2D eigenvalue weighted by Crippen LogP contribution is -2.04. The Balaban J connectivity index is 0. The van der Waals surface area contributed by atoms with Gasteiger partial charge in [0.25, 0.3) is 0 Å².